The number of hydrogen-bond donors (Lipinski definition) is 1. The molecule has 1 aliphatic heterocycles. The molecule has 1 N–H and O–H groups in total. The van der Waals surface area contributed by atoms with E-state index in [-0.39, 0.29) is 0 Å². The van der Waals surface area contributed by atoms with Gasteiger partial charge >= 0.3 is 0 Å². The molecular formula is C12H12N2O. The Bertz CT molecular complexity index is 481. The highest BCUT2D eigenvalue weighted by Crippen LogP contribution is 2.29. The molecule has 1 aromatic carbocycles. The van der Waals surface area contributed by atoms with Crippen LogP contribution in [-0.4, -0.2) is 14.7 Å². The summed E-state index contributed by atoms with van der Waals surface area (Å²) in [7, 11) is 0. The summed E-state index contributed by atoms with van der Waals surface area (Å²) in [6.07, 6.45) is 4.26. The lowest BCUT2D eigenvalue weighted by atomic mass is 10.1. The molecule has 15 heavy (non-hydrogen) atoms. The Morgan fingerprint density at radius 2 is 2.13 bits per heavy atom. The van der Waals surface area contributed by atoms with Gasteiger partial charge in [0, 0.05) is 24.7 Å². The molecule has 1 aliphatic rings. The van der Waals surface area contributed by atoms with E-state index in [1.165, 1.54) is 6.42 Å². The molecule has 1 aromatic heterocycles. The fourth-order valence-electron chi connectivity index (χ4n) is 2.07. The third-order valence-electron chi connectivity index (χ3n) is 2.84. The predicted molar refractivity (Wildman–Crippen MR) is 57.6 cm³/mol. The number of aryl methyl sites for hydroxylation is 2. The zero-order chi connectivity index (χ0) is 10.3. The van der Waals surface area contributed by atoms with Gasteiger partial charge in [-0.1, -0.05) is 12.1 Å². The summed E-state index contributed by atoms with van der Waals surface area (Å²) in [6, 6.07) is 7.33. The molecule has 2 heterocycles. The fraction of sp³-hybridized carbons (Fsp3) is 0.250. The molecule has 0 bridgehead atoms. The molecule has 2 aromatic rings. The molecule has 3 heteroatoms. The van der Waals surface area contributed by atoms with Crippen LogP contribution in [0.25, 0.3) is 11.3 Å². The second-order valence-corrected chi connectivity index (χ2v) is 3.86. The topological polar surface area (TPSA) is 38.0 Å². The van der Waals surface area contributed by atoms with Gasteiger partial charge in [-0.25, -0.2) is 4.98 Å². The van der Waals surface area contributed by atoms with Gasteiger partial charge in [-0.05, 0) is 18.6 Å². The van der Waals surface area contributed by atoms with Crippen LogP contribution in [0.3, 0.4) is 0 Å². The van der Waals surface area contributed by atoms with E-state index in [4.69, 9.17) is 0 Å². The number of fused-ring (bicyclic) bond motifs is 1. The molecule has 0 unspecified atom stereocenters. The van der Waals surface area contributed by atoms with E-state index in [0.29, 0.717) is 5.75 Å². The van der Waals surface area contributed by atoms with Gasteiger partial charge in [-0.15, -0.1) is 0 Å². The minimum Gasteiger partial charge on any atom is -0.507 e. The number of para-hydroxylation sites is 1. The number of benzene rings is 1. The number of nitrogens with zero attached hydrogens (tertiary/aromatic N) is 2. The number of phenols is 1. The summed E-state index contributed by atoms with van der Waals surface area (Å²) < 4.78 is 2.17. The van der Waals surface area contributed by atoms with Gasteiger partial charge in [0.1, 0.15) is 11.6 Å². The van der Waals surface area contributed by atoms with Gasteiger partial charge in [0.05, 0.1) is 5.69 Å². The first-order chi connectivity index (χ1) is 7.34. The molecule has 0 fully saturated rings. The molecule has 3 rings (SSSR count). The van der Waals surface area contributed by atoms with Crippen molar-refractivity contribution in [3.8, 4) is 17.0 Å². The highest BCUT2D eigenvalue weighted by molar-refractivity contribution is 5.66. The normalized spacial score (nSPS) is 14.1. The van der Waals surface area contributed by atoms with Crippen molar-refractivity contribution in [1.82, 2.24) is 9.55 Å². The Balaban J connectivity index is 2.10. The van der Waals surface area contributed by atoms with Gasteiger partial charge in [-0.2, -0.15) is 0 Å². The van der Waals surface area contributed by atoms with Crippen molar-refractivity contribution in [3.63, 3.8) is 0 Å². The molecule has 0 aliphatic carbocycles. The Hall–Kier alpha value is -1.77. The van der Waals surface area contributed by atoms with E-state index in [0.717, 1.165) is 30.0 Å². The summed E-state index contributed by atoms with van der Waals surface area (Å²) in [6.45, 7) is 1.05. The third kappa shape index (κ3) is 1.31. The Kier molecular flexibility index (Phi) is 1.78. The molecule has 3 nitrogen and oxygen atoms in total. The van der Waals surface area contributed by atoms with E-state index in [1.54, 1.807) is 6.07 Å². The van der Waals surface area contributed by atoms with Gasteiger partial charge in [0.25, 0.3) is 0 Å². The number of phenolic OH excluding ortho intramolecular Hbond substituents is 1. The van der Waals surface area contributed by atoms with Crippen molar-refractivity contribution in [3.05, 3.63) is 36.3 Å². The monoisotopic (exact) mass is 200 g/mol. The number of aromatic nitrogens is 2. The van der Waals surface area contributed by atoms with Crippen molar-refractivity contribution in [2.75, 3.05) is 0 Å². The standard InChI is InChI=1S/C12H12N2O/c15-11-5-2-1-4-9(11)10-8-14-7-3-6-12(14)13-10/h1-2,4-5,8,15H,3,6-7H2. The second kappa shape index (κ2) is 3.12. The van der Waals surface area contributed by atoms with Crippen LogP contribution >= 0.6 is 0 Å². The molecule has 0 atom stereocenters. The van der Waals surface area contributed by atoms with Crippen molar-refractivity contribution in [1.29, 1.82) is 0 Å². The minimum absolute atomic E-state index is 0.300. The first-order valence-corrected chi connectivity index (χ1v) is 5.19. The van der Waals surface area contributed by atoms with Crippen LogP contribution in [0.1, 0.15) is 12.2 Å². The van der Waals surface area contributed by atoms with E-state index in [9.17, 15) is 5.11 Å². The highest BCUT2D eigenvalue weighted by Gasteiger charge is 2.15. The van der Waals surface area contributed by atoms with Gasteiger partial charge in [-0.3, -0.25) is 0 Å². The smallest absolute Gasteiger partial charge is 0.125 e. The van der Waals surface area contributed by atoms with Crippen LogP contribution in [0.5, 0.6) is 5.75 Å². The average Bonchev–Trinajstić information content (AvgIpc) is 2.77. The van der Waals surface area contributed by atoms with E-state index in [1.807, 2.05) is 24.4 Å². The first kappa shape index (κ1) is 8.53. The van der Waals surface area contributed by atoms with E-state index >= 15 is 0 Å². The summed E-state index contributed by atoms with van der Waals surface area (Å²) >= 11 is 0. The van der Waals surface area contributed by atoms with E-state index < -0.39 is 0 Å². The molecule has 0 amide bonds. The number of aromatic hydroxyl groups is 1. The second-order valence-electron chi connectivity index (χ2n) is 3.86. The summed E-state index contributed by atoms with van der Waals surface area (Å²) in [5, 5.41) is 9.71. The third-order valence-corrected chi connectivity index (χ3v) is 2.84. The first-order valence-electron chi connectivity index (χ1n) is 5.19. The lowest BCUT2D eigenvalue weighted by Crippen LogP contribution is -1.87. The summed E-state index contributed by atoms with van der Waals surface area (Å²) in [5.74, 6) is 1.43. The van der Waals surface area contributed by atoms with Gasteiger partial charge in [0.15, 0.2) is 0 Å². The van der Waals surface area contributed by atoms with Crippen molar-refractivity contribution < 1.29 is 5.11 Å². The molecule has 76 valence electrons. The SMILES string of the molecule is Oc1ccccc1-c1cn2c(n1)CCC2. The Morgan fingerprint density at radius 3 is 2.93 bits per heavy atom. The Morgan fingerprint density at radius 1 is 1.27 bits per heavy atom. The maximum atomic E-state index is 9.71. The molecule has 0 radical (unpaired) electrons. The van der Waals surface area contributed by atoms with Crippen LogP contribution in [0.4, 0.5) is 0 Å². The molecule has 0 spiro atoms. The van der Waals surface area contributed by atoms with Crippen LogP contribution < -0.4 is 0 Å². The summed E-state index contributed by atoms with van der Waals surface area (Å²) in [4.78, 5) is 4.52. The van der Waals surface area contributed by atoms with Crippen LogP contribution in [0.15, 0.2) is 30.5 Å². The van der Waals surface area contributed by atoms with Gasteiger partial charge in [0.2, 0.25) is 0 Å². The van der Waals surface area contributed by atoms with Crippen LogP contribution in [0, 0.1) is 0 Å². The zero-order valence-electron chi connectivity index (χ0n) is 8.35. The maximum Gasteiger partial charge on any atom is 0.125 e. The molecular weight excluding hydrogens is 188 g/mol. The Labute approximate surface area is 88.0 Å². The maximum absolute atomic E-state index is 9.71. The van der Waals surface area contributed by atoms with Crippen molar-refractivity contribution >= 4 is 0 Å². The van der Waals surface area contributed by atoms with Crippen LogP contribution in [0.2, 0.25) is 0 Å². The lowest BCUT2D eigenvalue weighted by molar-refractivity contribution is 0.477. The van der Waals surface area contributed by atoms with Crippen LogP contribution in [-0.2, 0) is 13.0 Å². The largest absolute Gasteiger partial charge is 0.507 e. The average molecular weight is 200 g/mol. The quantitative estimate of drug-likeness (QED) is 0.766. The lowest BCUT2D eigenvalue weighted by Gasteiger charge is -1.99. The van der Waals surface area contributed by atoms with Crippen molar-refractivity contribution in [2.45, 2.75) is 19.4 Å². The number of rotatable bonds is 1. The summed E-state index contributed by atoms with van der Waals surface area (Å²) in [5.41, 5.74) is 1.70. The molecule has 0 saturated heterocycles. The van der Waals surface area contributed by atoms with Crippen molar-refractivity contribution in [2.24, 2.45) is 0 Å². The zero-order valence-corrected chi connectivity index (χ0v) is 8.35. The van der Waals surface area contributed by atoms with E-state index in [2.05, 4.69) is 9.55 Å². The minimum atomic E-state index is 0.300. The van der Waals surface area contributed by atoms with Gasteiger partial charge < -0.3 is 9.67 Å². The molecule has 0 saturated carbocycles. The number of imidazole rings is 1. The highest BCUT2D eigenvalue weighted by atomic mass is 16.3. The number of hydrogen-bond acceptors (Lipinski definition) is 2. The predicted octanol–water partition coefficient (Wildman–Crippen LogP) is 2.20. The fourth-order valence-corrected chi connectivity index (χ4v) is 2.07.